The lowest BCUT2D eigenvalue weighted by Gasteiger charge is -2.20. The fraction of sp³-hybridized carbons (Fsp3) is 0.717. The van der Waals surface area contributed by atoms with Gasteiger partial charge in [-0.05, 0) is 36.0 Å². The molecular weight excluding hydrogens is 629 g/mol. The molecule has 0 fully saturated rings. The Morgan fingerprint density at radius 2 is 1.00 bits per heavy atom. The molecule has 0 spiro atoms. The number of ether oxygens (including phenoxy) is 2. The molecule has 0 radical (unpaired) electrons. The van der Waals surface area contributed by atoms with Gasteiger partial charge in [0.1, 0.15) is 0 Å². The van der Waals surface area contributed by atoms with Crippen LogP contribution in [0.2, 0.25) is 0 Å². The van der Waals surface area contributed by atoms with E-state index in [1.54, 1.807) is 0 Å². The van der Waals surface area contributed by atoms with E-state index in [4.69, 9.17) is 15.2 Å². The Bertz CT molecular complexity index is 1040. The topological polar surface area (TPSA) is 73.6 Å². The lowest BCUT2D eigenvalue weighted by molar-refractivity contribution is -0.123. The van der Waals surface area contributed by atoms with Crippen LogP contribution in [0.15, 0.2) is 54.6 Å². The normalized spacial score (nSPS) is 12.6. The molecule has 0 aliphatic heterocycles. The van der Waals surface area contributed by atoms with Crippen molar-refractivity contribution >= 4 is 5.91 Å². The van der Waals surface area contributed by atoms with E-state index in [1.165, 1.54) is 147 Å². The summed E-state index contributed by atoms with van der Waals surface area (Å²) in [6, 6.07) is 18.1. The first-order chi connectivity index (χ1) is 25.1. The Morgan fingerprint density at radius 1 is 0.569 bits per heavy atom. The van der Waals surface area contributed by atoms with Crippen LogP contribution in [0.3, 0.4) is 0 Å². The van der Waals surface area contributed by atoms with Crippen molar-refractivity contribution in [3.05, 3.63) is 60.2 Å². The van der Waals surface area contributed by atoms with Gasteiger partial charge in [0.05, 0.1) is 18.8 Å². The van der Waals surface area contributed by atoms with Crippen molar-refractivity contribution in [1.29, 1.82) is 0 Å². The first-order valence-electron chi connectivity index (χ1n) is 21.5. The van der Waals surface area contributed by atoms with Crippen LogP contribution in [-0.2, 0) is 20.7 Å². The minimum absolute atomic E-state index is 0.137. The Balaban J connectivity index is 1.65. The second-order valence-electron chi connectivity index (χ2n) is 15.0. The van der Waals surface area contributed by atoms with E-state index in [1.807, 2.05) is 18.2 Å². The van der Waals surface area contributed by atoms with Gasteiger partial charge < -0.3 is 20.5 Å². The molecule has 0 aliphatic carbocycles. The van der Waals surface area contributed by atoms with E-state index in [0.29, 0.717) is 26.2 Å². The molecule has 0 saturated heterocycles. The highest BCUT2D eigenvalue weighted by atomic mass is 16.5. The molecule has 2 aromatic rings. The summed E-state index contributed by atoms with van der Waals surface area (Å²) in [6.45, 7) is 6.96. The second-order valence-corrected chi connectivity index (χ2v) is 15.0. The maximum absolute atomic E-state index is 13.0. The van der Waals surface area contributed by atoms with Crippen LogP contribution >= 0.6 is 0 Å². The predicted molar refractivity (Wildman–Crippen MR) is 219 cm³/mol. The van der Waals surface area contributed by atoms with Crippen LogP contribution in [0.25, 0.3) is 11.1 Å². The first kappa shape index (κ1) is 44.9. The van der Waals surface area contributed by atoms with Crippen molar-refractivity contribution < 1.29 is 14.3 Å². The summed E-state index contributed by atoms with van der Waals surface area (Å²) in [7, 11) is 0. The number of benzene rings is 2. The third kappa shape index (κ3) is 24.6. The van der Waals surface area contributed by atoms with E-state index in [-0.39, 0.29) is 12.0 Å². The smallest absolute Gasteiger partial charge is 0.237 e. The van der Waals surface area contributed by atoms with Gasteiger partial charge >= 0.3 is 0 Å². The highest BCUT2D eigenvalue weighted by Crippen LogP contribution is 2.20. The van der Waals surface area contributed by atoms with Crippen LogP contribution in [-0.4, -0.2) is 44.4 Å². The summed E-state index contributed by atoms with van der Waals surface area (Å²) in [5, 5.41) is 3.07. The summed E-state index contributed by atoms with van der Waals surface area (Å²) in [4.78, 5) is 13.0. The number of hydrogen-bond donors (Lipinski definition) is 2. The molecule has 290 valence electrons. The van der Waals surface area contributed by atoms with Gasteiger partial charge in [-0.1, -0.05) is 210 Å². The molecule has 2 atom stereocenters. The lowest BCUT2D eigenvalue weighted by Crippen LogP contribution is -2.45. The number of carbonyl (C=O) groups is 1. The van der Waals surface area contributed by atoms with Crippen LogP contribution in [0.1, 0.15) is 174 Å². The average Bonchev–Trinajstić information content (AvgIpc) is 3.15. The van der Waals surface area contributed by atoms with Gasteiger partial charge in [0.2, 0.25) is 5.91 Å². The number of hydrogen-bond acceptors (Lipinski definition) is 4. The molecule has 2 rings (SSSR count). The van der Waals surface area contributed by atoms with Gasteiger partial charge in [0, 0.05) is 19.8 Å². The van der Waals surface area contributed by atoms with E-state index >= 15 is 0 Å². The quantitative estimate of drug-likeness (QED) is 0.0700. The van der Waals surface area contributed by atoms with E-state index in [0.717, 1.165) is 30.6 Å². The minimum Gasteiger partial charge on any atom is -0.379 e. The lowest BCUT2D eigenvalue weighted by atomic mass is 10.0. The summed E-state index contributed by atoms with van der Waals surface area (Å²) >= 11 is 0. The van der Waals surface area contributed by atoms with Gasteiger partial charge in [-0.2, -0.15) is 0 Å². The van der Waals surface area contributed by atoms with Gasteiger partial charge in [-0.25, -0.2) is 0 Å². The SMILES string of the molecule is CCCCCCCCCCCCCCOCC(CNC(=O)[C@H](N)Cc1ccc(-c2ccccc2)cc1)OCCCCCCCCCCCCCC. The monoisotopic (exact) mass is 707 g/mol. The number of rotatable bonds is 35. The molecule has 1 amide bonds. The molecular formula is C46H78N2O3. The Hall–Kier alpha value is -2.21. The van der Waals surface area contributed by atoms with Crippen molar-refractivity contribution in [2.24, 2.45) is 5.73 Å². The molecule has 3 N–H and O–H groups in total. The molecule has 0 aliphatic rings. The maximum atomic E-state index is 13.0. The van der Waals surface area contributed by atoms with Crippen LogP contribution in [0.5, 0.6) is 0 Å². The minimum atomic E-state index is -0.605. The van der Waals surface area contributed by atoms with Crippen LogP contribution < -0.4 is 11.1 Å². The van der Waals surface area contributed by atoms with Gasteiger partial charge in [-0.15, -0.1) is 0 Å². The average molecular weight is 707 g/mol. The molecule has 0 saturated carbocycles. The molecule has 1 unspecified atom stereocenters. The van der Waals surface area contributed by atoms with Crippen molar-refractivity contribution in [3.8, 4) is 11.1 Å². The molecule has 5 nitrogen and oxygen atoms in total. The summed E-state index contributed by atoms with van der Waals surface area (Å²) in [5.74, 6) is -0.137. The van der Waals surface area contributed by atoms with Crippen LogP contribution in [0, 0.1) is 0 Å². The van der Waals surface area contributed by atoms with Crippen LogP contribution in [0.4, 0.5) is 0 Å². The zero-order valence-corrected chi connectivity index (χ0v) is 33.2. The third-order valence-corrected chi connectivity index (χ3v) is 10.2. The zero-order valence-electron chi connectivity index (χ0n) is 33.2. The molecule has 5 heteroatoms. The molecule has 0 heterocycles. The predicted octanol–water partition coefficient (Wildman–Crippen LogP) is 12.1. The van der Waals surface area contributed by atoms with E-state index in [9.17, 15) is 4.79 Å². The Labute approximate surface area is 314 Å². The summed E-state index contributed by atoms with van der Waals surface area (Å²) in [5.41, 5.74) is 9.76. The van der Waals surface area contributed by atoms with Gasteiger partial charge in [0.15, 0.2) is 0 Å². The van der Waals surface area contributed by atoms with Gasteiger partial charge in [0.25, 0.3) is 0 Å². The molecule has 2 aromatic carbocycles. The standard InChI is InChI=1S/C46H78N2O3/c1-3-5-7-9-11-13-15-17-19-21-23-28-36-50-40-44(51-37-29-24-22-20-18-16-14-12-10-8-6-4-2)39-48-46(49)45(47)38-41-32-34-43(35-33-41)42-30-26-25-27-31-42/h25-27,30-35,44-45H,3-24,28-29,36-40,47H2,1-2H3,(H,48,49)/t44?,45-/m1/s1. The number of amides is 1. The Kier molecular flexibility index (Phi) is 28.6. The maximum Gasteiger partial charge on any atom is 0.237 e. The highest BCUT2D eigenvalue weighted by molar-refractivity contribution is 5.81. The van der Waals surface area contributed by atoms with E-state index in [2.05, 4.69) is 55.6 Å². The van der Waals surface area contributed by atoms with Crippen molar-refractivity contribution in [2.45, 2.75) is 187 Å². The summed E-state index contributed by atoms with van der Waals surface area (Å²) < 4.78 is 12.4. The summed E-state index contributed by atoms with van der Waals surface area (Å²) in [6.07, 6.45) is 32.3. The number of nitrogens with one attached hydrogen (secondary N) is 1. The van der Waals surface area contributed by atoms with Crippen molar-refractivity contribution in [2.75, 3.05) is 26.4 Å². The first-order valence-corrected chi connectivity index (χ1v) is 21.5. The zero-order chi connectivity index (χ0) is 36.5. The van der Waals surface area contributed by atoms with Crippen molar-refractivity contribution in [1.82, 2.24) is 5.32 Å². The number of carbonyl (C=O) groups excluding carboxylic acids is 1. The third-order valence-electron chi connectivity index (χ3n) is 10.2. The molecule has 0 aromatic heterocycles. The Morgan fingerprint density at radius 3 is 1.49 bits per heavy atom. The van der Waals surface area contributed by atoms with Crippen molar-refractivity contribution in [3.63, 3.8) is 0 Å². The fourth-order valence-electron chi connectivity index (χ4n) is 6.77. The largest absolute Gasteiger partial charge is 0.379 e. The second kappa shape index (κ2) is 32.4. The fourth-order valence-corrected chi connectivity index (χ4v) is 6.77. The highest BCUT2D eigenvalue weighted by Gasteiger charge is 2.17. The number of unbranched alkanes of at least 4 members (excludes halogenated alkanes) is 22. The van der Waals surface area contributed by atoms with E-state index < -0.39 is 6.04 Å². The van der Waals surface area contributed by atoms with Gasteiger partial charge in [-0.3, -0.25) is 4.79 Å². The molecule has 0 bridgehead atoms. The number of nitrogens with two attached hydrogens (primary N) is 1. The molecule has 51 heavy (non-hydrogen) atoms.